The van der Waals surface area contributed by atoms with Gasteiger partial charge in [0, 0.05) is 150 Å². The fraction of sp³-hybridized carbons (Fsp3) is 0.769. The number of urea groups is 1. The summed E-state index contributed by atoms with van der Waals surface area (Å²) in [5, 5.41) is 104. The van der Waals surface area contributed by atoms with Crippen LogP contribution in [0.3, 0.4) is 0 Å². The molecule has 1 unspecified atom stereocenters. The molecule has 104 heavy (non-hydrogen) atoms. The molecule has 2 fully saturated rings. The van der Waals surface area contributed by atoms with Crippen molar-refractivity contribution < 1.29 is 118 Å². The predicted octanol–water partition coefficient (Wildman–Crippen LogP) is -3.41. The maximum absolute atomic E-state index is 14.0. The van der Waals surface area contributed by atoms with Crippen LogP contribution in [0.25, 0.3) is 0 Å². The largest absolute Gasteiger partial charge is 0.481 e. The molecule has 7 amide bonds. The maximum atomic E-state index is 14.0. The Morgan fingerprint density at radius 2 is 0.500 bits per heavy atom. The monoisotopic (exact) mass is 1490 g/mol. The number of nitrogens with zero attached hydrogens (tertiary/aromatic N) is 8. The van der Waals surface area contributed by atoms with E-state index in [1.165, 1.54) is 0 Å². The molecule has 2 aliphatic heterocycles. The Labute approximate surface area is 605 Å². The van der Waals surface area contributed by atoms with Gasteiger partial charge in [-0.2, -0.15) is 0 Å². The van der Waals surface area contributed by atoms with E-state index in [9.17, 15) is 113 Å². The smallest absolute Gasteiger partial charge is 0.326 e. The zero-order chi connectivity index (χ0) is 77.2. The second-order valence-electron chi connectivity index (χ2n) is 26.0. The van der Waals surface area contributed by atoms with Crippen LogP contribution < -0.4 is 37.2 Å². The topological polar surface area (TPSA) is 548 Å². The number of hydrogen-bond donors (Lipinski definition) is 16. The lowest BCUT2D eigenvalue weighted by molar-refractivity contribution is -0.141. The molecule has 0 aliphatic carbocycles. The summed E-state index contributed by atoms with van der Waals surface area (Å²) < 4.78 is 0. The van der Waals surface area contributed by atoms with Gasteiger partial charge >= 0.3 is 59.8 Å². The van der Waals surface area contributed by atoms with Crippen molar-refractivity contribution in [3.63, 3.8) is 0 Å². The number of nitrogens with one attached hydrogen (secondary N) is 7. The van der Waals surface area contributed by atoms with Crippen LogP contribution in [0.4, 0.5) is 4.79 Å². The van der Waals surface area contributed by atoms with E-state index in [1.54, 1.807) is 39.2 Å². The molecule has 0 bridgehead atoms. The number of rotatable bonds is 50. The lowest BCUT2D eigenvalue weighted by Crippen LogP contribution is -2.52. The van der Waals surface area contributed by atoms with E-state index in [0.29, 0.717) is 64.3 Å². The minimum atomic E-state index is -1.53. The van der Waals surface area contributed by atoms with Gasteiger partial charge in [0.15, 0.2) is 0 Å². The summed E-state index contributed by atoms with van der Waals surface area (Å²) in [6.45, 7) is 1.83. The van der Waals surface area contributed by atoms with Gasteiger partial charge in [0.25, 0.3) is 0 Å². The molecule has 592 valence electrons. The van der Waals surface area contributed by atoms with Crippen LogP contribution in [0.1, 0.15) is 122 Å². The first kappa shape index (κ1) is 91.6. The van der Waals surface area contributed by atoms with Gasteiger partial charge in [0.05, 0.1) is 52.4 Å². The standard InChI is InChI=1S/C65H113N15O24/c81-51(16-6-2-3-7-17-52(82)67-21-13-9-15-49(63(100)101)71-65(104)72-50(64(102)103)18-19-55(85)86)66-20-10-4-1-5-11-23-69-62(99)48(70-54(84)41-74-26-30-77(44-58(91)92)34-38-80(47-61(97)98)39-35-78(31-27-74)45-59(93)94)14-8-12-22-68-53(83)40-73-24-28-75(42-56(87)88)32-36-79(46-60(95)96)37-33-76(29-25-73)43-57(89)90/h48-50H,1-47H2,(H,66,81)(H,67,82)(H,68,83)(H,69,99)(H,70,84)(H,85,86)(H,87,88)(H,89,90)(H,91,92)(H,93,94)(H,95,96)(H,97,98)(H,100,101)(H,102,103)(H2,71,72,104)/t48?,49-,50-/m0/s1. The number of carbonyl (C=O) groups excluding carboxylic acids is 6. The molecule has 2 rings (SSSR count). The van der Waals surface area contributed by atoms with Gasteiger partial charge in [0.2, 0.25) is 29.5 Å². The van der Waals surface area contributed by atoms with Gasteiger partial charge in [-0.1, -0.05) is 32.1 Å². The van der Waals surface area contributed by atoms with E-state index < -0.39 is 103 Å². The number of carboxylic acid groups (broad SMARTS) is 9. The summed E-state index contributed by atoms with van der Waals surface area (Å²) in [4.78, 5) is 196. The maximum Gasteiger partial charge on any atom is 0.326 e. The molecular weight excluding hydrogens is 1370 g/mol. The molecule has 0 spiro atoms. The van der Waals surface area contributed by atoms with Crippen molar-refractivity contribution in [1.82, 2.24) is 76.4 Å². The molecule has 3 atom stereocenters. The summed E-state index contributed by atoms with van der Waals surface area (Å²) in [5.74, 6) is -12.3. The van der Waals surface area contributed by atoms with Crippen molar-refractivity contribution >= 4 is 89.3 Å². The Bertz CT molecular complexity index is 2660. The van der Waals surface area contributed by atoms with Crippen LogP contribution >= 0.6 is 0 Å². The minimum absolute atomic E-state index is 0.00856. The van der Waals surface area contributed by atoms with Crippen molar-refractivity contribution in [2.75, 3.05) is 183 Å². The third-order valence-electron chi connectivity index (χ3n) is 17.3. The molecule has 0 aromatic rings. The van der Waals surface area contributed by atoms with Crippen LogP contribution in [0.2, 0.25) is 0 Å². The van der Waals surface area contributed by atoms with Crippen molar-refractivity contribution in [2.45, 2.75) is 140 Å². The lowest BCUT2D eigenvalue weighted by Gasteiger charge is -2.33. The highest BCUT2D eigenvalue weighted by molar-refractivity contribution is 5.88. The molecule has 2 aliphatic rings. The number of unbranched alkanes of at least 4 members (excludes halogenated alkanes) is 9. The SMILES string of the molecule is O=C(O)CC[C@H](NC(=O)N[C@@H](CCCCNC(=O)CCCCCCC(=O)NCCCCCCCNC(=O)C(CCCCNC(=O)CN1CCN(CC(=O)O)CCN(CC(=O)O)CCN(CC(=O)O)CC1)NC(=O)CN1CCN(CC(=O)O)CCN(CC(=O)O)CCN(CC(=O)O)CC1)C(=O)O)C(=O)O. The molecule has 2 heterocycles. The van der Waals surface area contributed by atoms with E-state index in [2.05, 4.69) is 37.2 Å². The van der Waals surface area contributed by atoms with Crippen molar-refractivity contribution in [1.29, 1.82) is 0 Å². The quantitative estimate of drug-likeness (QED) is 0.0264. The van der Waals surface area contributed by atoms with Crippen LogP contribution in [-0.4, -0.2) is 376 Å². The average molecular weight is 1490 g/mol. The third-order valence-corrected chi connectivity index (χ3v) is 17.3. The third kappa shape index (κ3) is 47.7. The highest BCUT2D eigenvalue weighted by atomic mass is 16.4. The second kappa shape index (κ2) is 54.2. The lowest BCUT2D eigenvalue weighted by atomic mass is 10.1. The Hall–Kier alpha value is -8.47. The summed E-state index contributed by atoms with van der Waals surface area (Å²) in [7, 11) is 0. The van der Waals surface area contributed by atoms with Gasteiger partial charge in [-0.15, -0.1) is 0 Å². The van der Waals surface area contributed by atoms with Gasteiger partial charge < -0.3 is 83.2 Å². The Morgan fingerprint density at radius 1 is 0.240 bits per heavy atom. The molecule has 16 N–H and O–H groups in total. The van der Waals surface area contributed by atoms with E-state index in [0.717, 1.165) is 32.1 Å². The minimum Gasteiger partial charge on any atom is -0.481 e. The Kier molecular flexibility index (Phi) is 47.7. The molecule has 39 nitrogen and oxygen atoms in total. The van der Waals surface area contributed by atoms with Crippen LogP contribution in [0.5, 0.6) is 0 Å². The van der Waals surface area contributed by atoms with E-state index >= 15 is 0 Å². The molecule has 0 radical (unpaired) electrons. The van der Waals surface area contributed by atoms with Crippen LogP contribution in [-0.2, 0) is 67.1 Å². The Morgan fingerprint density at radius 3 is 0.817 bits per heavy atom. The Balaban J connectivity index is 1.95. The van der Waals surface area contributed by atoms with E-state index in [4.69, 9.17) is 5.11 Å². The predicted molar refractivity (Wildman–Crippen MR) is 371 cm³/mol. The number of aliphatic carboxylic acids is 9. The zero-order valence-corrected chi connectivity index (χ0v) is 59.7. The summed E-state index contributed by atoms with van der Waals surface area (Å²) in [5.41, 5.74) is 0. The van der Waals surface area contributed by atoms with E-state index in [1.807, 2.05) is 0 Å². The highest BCUT2D eigenvalue weighted by Crippen LogP contribution is 2.11. The van der Waals surface area contributed by atoms with Crippen molar-refractivity contribution in [3.05, 3.63) is 0 Å². The van der Waals surface area contributed by atoms with Gasteiger partial charge in [0.1, 0.15) is 18.1 Å². The first-order chi connectivity index (χ1) is 49.5. The molecule has 0 aromatic carbocycles. The van der Waals surface area contributed by atoms with Crippen LogP contribution in [0.15, 0.2) is 0 Å². The number of amides is 7. The van der Waals surface area contributed by atoms with Crippen molar-refractivity contribution in [3.8, 4) is 0 Å². The zero-order valence-electron chi connectivity index (χ0n) is 59.7. The number of carboxylic acids is 9. The fourth-order valence-electron chi connectivity index (χ4n) is 11.5. The molecular formula is C65H113N15O24. The molecule has 0 saturated carbocycles. The van der Waals surface area contributed by atoms with Gasteiger partial charge in [-0.3, -0.25) is 96.7 Å². The molecule has 2 saturated heterocycles. The van der Waals surface area contributed by atoms with Gasteiger partial charge in [-0.05, 0) is 70.6 Å². The molecule has 0 aromatic heterocycles. The normalized spacial score (nSPS) is 16.6. The summed E-state index contributed by atoms with van der Waals surface area (Å²) in [6.07, 6.45) is 7.56. The average Bonchev–Trinajstić information content (AvgIpc) is 0.921. The first-order valence-corrected chi connectivity index (χ1v) is 35.7. The van der Waals surface area contributed by atoms with E-state index in [-0.39, 0.29) is 214 Å². The fourth-order valence-corrected chi connectivity index (χ4v) is 11.5. The first-order valence-electron chi connectivity index (χ1n) is 35.7. The van der Waals surface area contributed by atoms with Crippen molar-refractivity contribution in [2.24, 2.45) is 0 Å². The summed E-state index contributed by atoms with van der Waals surface area (Å²) in [6, 6.07) is -4.98. The number of hydrogen-bond acceptors (Lipinski definition) is 23. The number of carbonyl (C=O) groups is 15. The van der Waals surface area contributed by atoms with Crippen LogP contribution in [0, 0.1) is 0 Å². The summed E-state index contributed by atoms with van der Waals surface area (Å²) >= 11 is 0. The highest BCUT2D eigenvalue weighted by Gasteiger charge is 2.28. The van der Waals surface area contributed by atoms with Gasteiger partial charge in [-0.25, -0.2) is 14.4 Å². The second-order valence-corrected chi connectivity index (χ2v) is 26.0. The molecule has 39 heteroatoms.